The van der Waals surface area contributed by atoms with E-state index in [9.17, 15) is 9.59 Å². The van der Waals surface area contributed by atoms with E-state index in [4.69, 9.17) is 4.74 Å². The van der Waals surface area contributed by atoms with Gasteiger partial charge in [0.05, 0.1) is 14.9 Å². The Morgan fingerprint density at radius 3 is 2.64 bits per heavy atom. The van der Waals surface area contributed by atoms with Gasteiger partial charge >= 0.3 is 5.97 Å². The molecule has 22 heavy (non-hydrogen) atoms. The highest BCUT2D eigenvalue weighted by atomic mass is 79.9. The molecule has 1 aliphatic rings. The van der Waals surface area contributed by atoms with Gasteiger partial charge in [0.2, 0.25) is 12.3 Å². The molecule has 0 bridgehead atoms. The molecule has 0 aliphatic carbocycles. The summed E-state index contributed by atoms with van der Waals surface area (Å²) in [5.41, 5.74) is -1.00. The Balaban J connectivity index is 2.07. The smallest absolute Gasteiger partial charge is 0.310 e. The van der Waals surface area contributed by atoms with Crippen LogP contribution in [0.4, 0.5) is 0 Å². The number of halogens is 2. The molecule has 0 unspecified atom stereocenters. The summed E-state index contributed by atoms with van der Waals surface area (Å²) in [4.78, 5) is 24.6. The second kappa shape index (κ2) is 7.21. The molecule has 1 fully saturated rings. The van der Waals surface area contributed by atoms with Gasteiger partial charge in [-0.1, -0.05) is 19.8 Å². The minimum atomic E-state index is -1.00. The Morgan fingerprint density at radius 2 is 2.05 bits per heavy atom. The number of hydrogen-bond donors (Lipinski definition) is 0. The summed E-state index contributed by atoms with van der Waals surface area (Å²) >= 11 is 6.80. The van der Waals surface area contributed by atoms with Crippen molar-refractivity contribution in [2.24, 2.45) is 5.92 Å². The van der Waals surface area contributed by atoms with Crippen LogP contribution in [0.3, 0.4) is 0 Å². The Morgan fingerprint density at radius 1 is 1.41 bits per heavy atom. The molecule has 1 aromatic heterocycles. The number of carbonyl (C=O) groups excluding carboxylic acids is 2. The fraction of sp³-hybridized carbons (Fsp3) is 0.562. The van der Waals surface area contributed by atoms with Crippen molar-refractivity contribution >= 4 is 43.6 Å². The lowest BCUT2D eigenvalue weighted by molar-refractivity contribution is -0.685. The van der Waals surface area contributed by atoms with E-state index in [0.29, 0.717) is 6.42 Å². The van der Waals surface area contributed by atoms with Crippen molar-refractivity contribution in [3.63, 3.8) is 0 Å². The molecule has 6 heteroatoms. The molecule has 0 spiro atoms. The third-order valence-electron chi connectivity index (χ3n) is 3.97. The van der Waals surface area contributed by atoms with Crippen molar-refractivity contribution in [2.75, 3.05) is 0 Å². The van der Waals surface area contributed by atoms with Gasteiger partial charge in [-0.2, -0.15) is 4.57 Å². The molecule has 0 amide bonds. The van der Waals surface area contributed by atoms with Gasteiger partial charge in [-0.15, -0.1) is 0 Å². The lowest BCUT2D eigenvalue weighted by atomic mass is 9.89. The SMILES string of the molecule is CCCC[C@H]1C[C@](C)(C(=O)C[n+]2cc(Br)cc(Br)c2)OC1=O. The van der Waals surface area contributed by atoms with Gasteiger partial charge in [-0.25, -0.2) is 0 Å². The lowest BCUT2D eigenvalue weighted by Crippen LogP contribution is -2.46. The van der Waals surface area contributed by atoms with Gasteiger partial charge in [-0.3, -0.25) is 9.59 Å². The minimum Gasteiger partial charge on any atom is -0.451 e. The predicted octanol–water partition coefficient (Wildman–Crippen LogP) is 3.58. The number of pyridine rings is 1. The van der Waals surface area contributed by atoms with Crippen LogP contribution in [0.15, 0.2) is 27.4 Å². The number of ether oxygens (including phenoxy) is 1. The van der Waals surface area contributed by atoms with Crippen molar-refractivity contribution in [3.05, 3.63) is 27.4 Å². The number of unbranched alkanes of at least 4 members (excludes halogenated alkanes) is 1. The molecular formula is C16H20Br2NO3+. The first-order valence-electron chi connectivity index (χ1n) is 7.45. The molecular weight excluding hydrogens is 414 g/mol. The van der Waals surface area contributed by atoms with Crippen molar-refractivity contribution in [1.82, 2.24) is 0 Å². The maximum Gasteiger partial charge on any atom is 0.310 e. The summed E-state index contributed by atoms with van der Waals surface area (Å²) in [5.74, 6) is -0.451. The third-order valence-corrected chi connectivity index (χ3v) is 4.84. The largest absolute Gasteiger partial charge is 0.451 e. The summed E-state index contributed by atoms with van der Waals surface area (Å²) in [6.45, 7) is 4.00. The fourth-order valence-corrected chi connectivity index (χ4v) is 4.05. The summed E-state index contributed by atoms with van der Waals surface area (Å²) in [6.07, 6.45) is 6.97. The number of aromatic nitrogens is 1. The fourth-order valence-electron chi connectivity index (χ4n) is 2.73. The van der Waals surface area contributed by atoms with Crippen molar-refractivity contribution in [3.8, 4) is 0 Å². The van der Waals surface area contributed by atoms with Crippen LogP contribution in [0, 0.1) is 5.92 Å². The number of hydrogen-bond acceptors (Lipinski definition) is 3. The molecule has 0 aromatic carbocycles. The third kappa shape index (κ3) is 4.16. The van der Waals surface area contributed by atoms with E-state index >= 15 is 0 Å². The van der Waals surface area contributed by atoms with Crippen molar-refractivity contribution in [1.29, 1.82) is 0 Å². The number of carbonyl (C=O) groups is 2. The normalized spacial score (nSPS) is 24.4. The zero-order valence-corrected chi connectivity index (χ0v) is 15.9. The molecule has 120 valence electrons. The van der Waals surface area contributed by atoms with Crippen LogP contribution in [0.2, 0.25) is 0 Å². The molecule has 0 radical (unpaired) electrons. The average Bonchev–Trinajstić information content (AvgIpc) is 2.71. The highest BCUT2D eigenvalue weighted by molar-refractivity contribution is 9.11. The van der Waals surface area contributed by atoms with Crippen molar-refractivity contribution in [2.45, 2.75) is 51.7 Å². The monoisotopic (exact) mass is 432 g/mol. The molecule has 2 rings (SSSR count). The number of ketones is 1. The number of esters is 1. The molecule has 0 saturated carbocycles. The minimum absolute atomic E-state index is 0.0742. The van der Waals surface area contributed by atoms with Crippen LogP contribution in [-0.4, -0.2) is 17.4 Å². The molecule has 1 aromatic rings. The van der Waals surface area contributed by atoms with E-state index in [1.165, 1.54) is 0 Å². The van der Waals surface area contributed by atoms with Crippen LogP contribution in [0.5, 0.6) is 0 Å². The van der Waals surface area contributed by atoms with Gasteiger partial charge in [0.1, 0.15) is 0 Å². The van der Waals surface area contributed by atoms with Crippen LogP contribution >= 0.6 is 31.9 Å². The number of cyclic esters (lactones) is 1. The predicted molar refractivity (Wildman–Crippen MR) is 89.2 cm³/mol. The lowest BCUT2D eigenvalue weighted by Gasteiger charge is -2.19. The second-order valence-electron chi connectivity index (χ2n) is 5.96. The van der Waals surface area contributed by atoms with Gasteiger partial charge < -0.3 is 4.74 Å². The highest BCUT2D eigenvalue weighted by Crippen LogP contribution is 2.34. The maximum atomic E-state index is 12.6. The van der Waals surface area contributed by atoms with Crippen LogP contribution in [0.1, 0.15) is 39.5 Å². The topological polar surface area (TPSA) is 47.2 Å². The first-order valence-corrected chi connectivity index (χ1v) is 9.04. The summed E-state index contributed by atoms with van der Waals surface area (Å²) < 4.78 is 8.97. The quantitative estimate of drug-likeness (QED) is 0.508. The van der Waals surface area contributed by atoms with Gasteiger partial charge in [0, 0.05) is 6.42 Å². The molecule has 4 nitrogen and oxygen atoms in total. The van der Waals surface area contributed by atoms with E-state index in [-0.39, 0.29) is 24.2 Å². The number of nitrogens with zero attached hydrogens (tertiary/aromatic N) is 1. The molecule has 0 N–H and O–H groups in total. The summed E-state index contributed by atoms with van der Waals surface area (Å²) in [5, 5.41) is 0. The standard InChI is InChI=1S/C16H20Br2NO3/c1-3-4-5-11-7-16(2,22-15(11)21)14(20)10-19-8-12(17)6-13(18)9-19/h6,8-9,11H,3-5,7,10H2,1-2H3/q+1/t11-,16+/m0/s1. The van der Waals surface area contributed by atoms with Crippen molar-refractivity contribution < 1.29 is 18.9 Å². The summed E-state index contributed by atoms with van der Waals surface area (Å²) in [6, 6.07) is 1.90. The Kier molecular flexibility index (Phi) is 5.77. The first-order chi connectivity index (χ1) is 10.3. The van der Waals surface area contributed by atoms with Gasteiger partial charge in [0.25, 0.3) is 0 Å². The van der Waals surface area contributed by atoms with E-state index < -0.39 is 5.60 Å². The molecule has 2 atom stereocenters. The Labute approximate surface area is 147 Å². The number of rotatable bonds is 6. The highest BCUT2D eigenvalue weighted by Gasteiger charge is 2.49. The summed E-state index contributed by atoms with van der Waals surface area (Å²) in [7, 11) is 0. The zero-order chi connectivity index (χ0) is 16.3. The van der Waals surface area contributed by atoms with E-state index in [1.54, 1.807) is 11.5 Å². The number of Topliss-reactive ketones (excluding diaryl/α,β-unsaturated/α-hetero) is 1. The van der Waals surface area contributed by atoms with E-state index in [0.717, 1.165) is 28.2 Å². The Bertz CT molecular complexity index is 571. The van der Waals surface area contributed by atoms with Crippen LogP contribution in [-0.2, 0) is 20.9 Å². The van der Waals surface area contributed by atoms with Crippen LogP contribution in [0.25, 0.3) is 0 Å². The molecule has 1 aliphatic heterocycles. The van der Waals surface area contributed by atoms with Crippen LogP contribution < -0.4 is 4.57 Å². The van der Waals surface area contributed by atoms with Gasteiger partial charge in [-0.05, 0) is 51.3 Å². The van der Waals surface area contributed by atoms with E-state index in [1.807, 2.05) is 18.5 Å². The van der Waals surface area contributed by atoms with E-state index in [2.05, 4.69) is 38.8 Å². The molecule has 1 saturated heterocycles. The molecule has 2 heterocycles. The average molecular weight is 434 g/mol. The first kappa shape index (κ1) is 17.6. The second-order valence-corrected chi connectivity index (χ2v) is 7.79. The zero-order valence-electron chi connectivity index (χ0n) is 12.8. The Hall–Kier alpha value is -0.750. The van der Waals surface area contributed by atoms with Gasteiger partial charge in [0.15, 0.2) is 18.0 Å². The maximum absolute atomic E-state index is 12.6.